The maximum atomic E-state index is 13.1. The van der Waals surface area contributed by atoms with Crippen LogP contribution in [-0.4, -0.2) is 32.3 Å². The summed E-state index contributed by atoms with van der Waals surface area (Å²) in [7, 11) is 1.61. The number of methoxy groups -OCH3 is 1. The predicted octanol–water partition coefficient (Wildman–Crippen LogP) is 2.51. The Bertz CT molecular complexity index is 408. The molecule has 6 heteroatoms. The van der Waals surface area contributed by atoms with Gasteiger partial charge in [0.05, 0.1) is 0 Å². The van der Waals surface area contributed by atoms with Gasteiger partial charge in [0.1, 0.15) is 11.6 Å². The highest BCUT2D eigenvalue weighted by molar-refractivity contribution is 9.10. The summed E-state index contributed by atoms with van der Waals surface area (Å²) >= 11 is 3.16. The molecule has 1 rings (SSSR count). The minimum absolute atomic E-state index is 0.239. The van der Waals surface area contributed by atoms with Crippen LogP contribution < -0.4 is 10.1 Å². The molecule has 0 radical (unpaired) electrons. The third-order valence-electron chi connectivity index (χ3n) is 2.34. The Labute approximate surface area is 120 Å². The second-order valence-electron chi connectivity index (χ2n) is 4.00. The lowest BCUT2D eigenvalue weighted by atomic mass is 10.3. The van der Waals surface area contributed by atoms with Crippen LogP contribution in [0.25, 0.3) is 0 Å². The van der Waals surface area contributed by atoms with Gasteiger partial charge in [-0.25, -0.2) is 4.39 Å². The Kier molecular flexibility index (Phi) is 6.80. The minimum atomic E-state index is -0.684. The number of hydrogen-bond acceptors (Lipinski definition) is 3. The van der Waals surface area contributed by atoms with Gasteiger partial charge in [0.2, 0.25) is 0 Å². The summed E-state index contributed by atoms with van der Waals surface area (Å²) in [5.74, 6) is -0.347. The molecule has 0 spiro atoms. The number of benzene rings is 1. The van der Waals surface area contributed by atoms with Gasteiger partial charge >= 0.3 is 0 Å². The first kappa shape index (κ1) is 15.9. The van der Waals surface area contributed by atoms with Crippen LogP contribution in [0.1, 0.15) is 13.3 Å². The summed E-state index contributed by atoms with van der Waals surface area (Å²) in [5, 5.41) is 2.72. The van der Waals surface area contributed by atoms with Gasteiger partial charge in [0, 0.05) is 30.8 Å². The molecule has 0 saturated heterocycles. The third-order valence-corrected chi connectivity index (χ3v) is 2.80. The van der Waals surface area contributed by atoms with Gasteiger partial charge < -0.3 is 14.8 Å². The van der Waals surface area contributed by atoms with E-state index in [0.29, 0.717) is 23.4 Å². The summed E-state index contributed by atoms with van der Waals surface area (Å²) in [4.78, 5) is 11.7. The molecule has 19 heavy (non-hydrogen) atoms. The highest BCUT2D eigenvalue weighted by atomic mass is 79.9. The molecule has 0 heterocycles. The smallest absolute Gasteiger partial charge is 0.260 e. The minimum Gasteiger partial charge on any atom is -0.481 e. The lowest BCUT2D eigenvalue weighted by Crippen LogP contribution is -2.37. The highest BCUT2D eigenvalue weighted by Crippen LogP contribution is 2.21. The number of ether oxygens (including phenoxy) is 2. The zero-order valence-corrected chi connectivity index (χ0v) is 12.5. The largest absolute Gasteiger partial charge is 0.481 e. The number of nitrogens with one attached hydrogen (secondary N) is 1. The Balaban J connectivity index is 2.44. The van der Waals surface area contributed by atoms with Gasteiger partial charge in [0.25, 0.3) is 5.91 Å². The van der Waals surface area contributed by atoms with Crippen LogP contribution in [0.5, 0.6) is 5.75 Å². The topological polar surface area (TPSA) is 47.6 Å². The van der Waals surface area contributed by atoms with Crippen LogP contribution >= 0.6 is 15.9 Å². The fraction of sp³-hybridized carbons (Fsp3) is 0.462. The standard InChI is InChI=1S/C13H17BrFNO3/c1-9(13(17)16-4-3-5-18-2)19-12-7-10(14)6-11(15)8-12/h6-9H,3-5H2,1-2H3,(H,16,17). The number of halogens is 2. The van der Waals surface area contributed by atoms with Crippen molar-refractivity contribution in [1.82, 2.24) is 5.32 Å². The van der Waals surface area contributed by atoms with E-state index in [0.717, 1.165) is 6.42 Å². The Morgan fingerprint density at radius 2 is 2.21 bits per heavy atom. The Hall–Kier alpha value is -1.14. The van der Waals surface area contributed by atoms with E-state index in [1.807, 2.05) is 0 Å². The second-order valence-corrected chi connectivity index (χ2v) is 4.92. The fourth-order valence-electron chi connectivity index (χ4n) is 1.43. The molecule has 0 fully saturated rings. The average molecular weight is 334 g/mol. The fourth-order valence-corrected chi connectivity index (χ4v) is 1.87. The van der Waals surface area contributed by atoms with Crippen LogP contribution in [0.3, 0.4) is 0 Å². The lowest BCUT2D eigenvalue weighted by molar-refractivity contribution is -0.127. The van der Waals surface area contributed by atoms with Crippen LogP contribution in [0, 0.1) is 5.82 Å². The van der Waals surface area contributed by atoms with E-state index in [4.69, 9.17) is 9.47 Å². The van der Waals surface area contributed by atoms with Gasteiger partial charge in [-0.15, -0.1) is 0 Å². The van der Waals surface area contributed by atoms with E-state index in [2.05, 4.69) is 21.2 Å². The van der Waals surface area contributed by atoms with Crippen molar-refractivity contribution in [3.63, 3.8) is 0 Å². The van der Waals surface area contributed by atoms with E-state index in [-0.39, 0.29) is 5.91 Å². The molecule has 1 amide bonds. The normalized spacial score (nSPS) is 12.0. The maximum absolute atomic E-state index is 13.1. The van der Waals surface area contributed by atoms with Crippen LogP contribution in [0.2, 0.25) is 0 Å². The molecule has 0 aliphatic rings. The van der Waals surface area contributed by atoms with Crippen molar-refractivity contribution in [3.8, 4) is 5.75 Å². The molecule has 1 unspecified atom stereocenters. The van der Waals surface area contributed by atoms with E-state index in [1.54, 1.807) is 20.1 Å². The molecule has 0 aromatic heterocycles. The van der Waals surface area contributed by atoms with Crippen molar-refractivity contribution in [2.75, 3.05) is 20.3 Å². The molecular formula is C13H17BrFNO3. The lowest BCUT2D eigenvalue weighted by Gasteiger charge is -2.15. The molecule has 0 saturated carbocycles. The zero-order chi connectivity index (χ0) is 14.3. The first-order chi connectivity index (χ1) is 9.02. The zero-order valence-electron chi connectivity index (χ0n) is 10.9. The van der Waals surface area contributed by atoms with Crippen molar-refractivity contribution in [1.29, 1.82) is 0 Å². The summed E-state index contributed by atoms with van der Waals surface area (Å²) in [6.07, 6.45) is 0.0525. The van der Waals surface area contributed by atoms with Crippen molar-refractivity contribution in [3.05, 3.63) is 28.5 Å². The summed E-state index contributed by atoms with van der Waals surface area (Å²) in [5.41, 5.74) is 0. The van der Waals surface area contributed by atoms with Gasteiger partial charge in [-0.1, -0.05) is 15.9 Å². The average Bonchev–Trinajstić information content (AvgIpc) is 2.33. The molecule has 0 bridgehead atoms. The van der Waals surface area contributed by atoms with Crippen molar-refractivity contribution < 1.29 is 18.7 Å². The van der Waals surface area contributed by atoms with Gasteiger partial charge in [0.15, 0.2) is 6.10 Å². The van der Waals surface area contributed by atoms with E-state index < -0.39 is 11.9 Å². The van der Waals surface area contributed by atoms with E-state index >= 15 is 0 Å². The van der Waals surface area contributed by atoms with Crippen molar-refractivity contribution >= 4 is 21.8 Å². The number of carbonyl (C=O) groups is 1. The van der Waals surface area contributed by atoms with Gasteiger partial charge in [-0.05, 0) is 25.5 Å². The van der Waals surface area contributed by atoms with E-state index in [9.17, 15) is 9.18 Å². The molecular weight excluding hydrogens is 317 g/mol. The monoisotopic (exact) mass is 333 g/mol. The summed E-state index contributed by atoms with van der Waals surface area (Å²) in [6, 6.07) is 4.17. The molecule has 106 valence electrons. The molecule has 0 aliphatic carbocycles. The summed E-state index contributed by atoms with van der Waals surface area (Å²) in [6.45, 7) is 2.73. The molecule has 1 aromatic carbocycles. The Morgan fingerprint density at radius 1 is 1.47 bits per heavy atom. The Morgan fingerprint density at radius 3 is 2.84 bits per heavy atom. The first-order valence-corrected chi connectivity index (χ1v) is 6.71. The number of rotatable bonds is 7. The predicted molar refractivity (Wildman–Crippen MR) is 73.7 cm³/mol. The number of carbonyl (C=O) groups excluding carboxylic acids is 1. The van der Waals surface area contributed by atoms with E-state index in [1.165, 1.54) is 12.1 Å². The SMILES string of the molecule is COCCCNC(=O)C(C)Oc1cc(F)cc(Br)c1. The second kappa shape index (κ2) is 8.12. The van der Waals surface area contributed by atoms with Crippen LogP contribution in [-0.2, 0) is 9.53 Å². The van der Waals surface area contributed by atoms with Crippen LogP contribution in [0.4, 0.5) is 4.39 Å². The van der Waals surface area contributed by atoms with Crippen LogP contribution in [0.15, 0.2) is 22.7 Å². The summed E-state index contributed by atoms with van der Waals surface area (Å²) < 4.78 is 24.0. The first-order valence-electron chi connectivity index (χ1n) is 5.92. The molecule has 1 N–H and O–H groups in total. The molecule has 1 aromatic rings. The highest BCUT2D eigenvalue weighted by Gasteiger charge is 2.14. The molecule has 1 atom stereocenters. The molecule has 0 aliphatic heterocycles. The van der Waals surface area contributed by atoms with Gasteiger partial charge in [-0.3, -0.25) is 4.79 Å². The quantitative estimate of drug-likeness (QED) is 0.780. The van der Waals surface area contributed by atoms with Gasteiger partial charge in [-0.2, -0.15) is 0 Å². The third kappa shape index (κ3) is 6.02. The van der Waals surface area contributed by atoms with Crippen molar-refractivity contribution in [2.45, 2.75) is 19.4 Å². The number of hydrogen-bond donors (Lipinski definition) is 1. The van der Waals surface area contributed by atoms with Crippen molar-refractivity contribution in [2.24, 2.45) is 0 Å². The maximum Gasteiger partial charge on any atom is 0.260 e. The molecule has 4 nitrogen and oxygen atoms in total. The number of amides is 1.